The molecule has 0 radical (unpaired) electrons. The van der Waals surface area contributed by atoms with Crippen LogP contribution in [0.5, 0.6) is 0 Å². The van der Waals surface area contributed by atoms with E-state index in [9.17, 15) is 0 Å². The van der Waals surface area contributed by atoms with Crippen molar-refractivity contribution in [2.24, 2.45) is 0 Å². The van der Waals surface area contributed by atoms with Crippen molar-refractivity contribution in [3.05, 3.63) is 48.2 Å². The highest BCUT2D eigenvalue weighted by Gasteiger charge is 2.07. The summed E-state index contributed by atoms with van der Waals surface area (Å²) in [6, 6.07) is 11.7. The van der Waals surface area contributed by atoms with Gasteiger partial charge in [-0.3, -0.25) is 0 Å². The number of hydrogen-bond donors (Lipinski definition) is 0. The van der Waals surface area contributed by atoms with Gasteiger partial charge >= 0.3 is 0 Å². The highest BCUT2D eigenvalue weighted by molar-refractivity contribution is 5.17. The largest absolute Gasteiger partial charge is 0.373 e. The Bertz CT molecular complexity index is 303. The third-order valence-corrected chi connectivity index (χ3v) is 2.67. The van der Waals surface area contributed by atoms with Crippen LogP contribution in [0.25, 0.3) is 0 Å². The van der Waals surface area contributed by atoms with Crippen LogP contribution < -0.4 is 0 Å². The van der Waals surface area contributed by atoms with Gasteiger partial charge in [-0.15, -0.1) is 0 Å². The Morgan fingerprint density at radius 2 is 1.56 bits per heavy atom. The molecule has 0 fully saturated rings. The standard InChI is InChI=1S/C15H23N/c1-13(2)16(14(3)4)12-8-11-15-9-6-5-7-10-15/h5-10,12-14H,11H2,1-4H3/b12-8-. The van der Waals surface area contributed by atoms with Crippen LogP contribution in [0.3, 0.4) is 0 Å². The van der Waals surface area contributed by atoms with E-state index in [2.05, 4.69) is 75.2 Å². The summed E-state index contributed by atoms with van der Waals surface area (Å²) in [6.45, 7) is 8.92. The summed E-state index contributed by atoms with van der Waals surface area (Å²) >= 11 is 0. The maximum absolute atomic E-state index is 2.38. The number of hydrogen-bond acceptors (Lipinski definition) is 1. The van der Waals surface area contributed by atoms with Crippen LogP contribution in [0, 0.1) is 0 Å². The first-order valence-electron chi connectivity index (χ1n) is 6.09. The minimum atomic E-state index is 0.562. The lowest BCUT2D eigenvalue weighted by Crippen LogP contribution is -2.31. The monoisotopic (exact) mass is 217 g/mol. The molecule has 0 aliphatic rings. The first-order chi connectivity index (χ1) is 7.61. The number of rotatable bonds is 5. The second kappa shape index (κ2) is 6.37. The van der Waals surface area contributed by atoms with Gasteiger partial charge in [-0.2, -0.15) is 0 Å². The fraction of sp³-hybridized carbons (Fsp3) is 0.467. The van der Waals surface area contributed by atoms with E-state index in [1.165, 1.54) is 5.56 Å². The molecule has 16 heavy (non-hydrogen) atoms. The van der Waals surface area contributed by atoms with E-state index in [1.54, 1.807) is 0 Å². The van der Waals surface area contributed by atoms with Gasteiger partial charge in [-0.05, 0) is 45.9 Å². The minimum absolute atomic E-state index is 0.562. The molecule has 0 aliphatic heterocycles. The molecule has 0 aliphatic carbocycles. The Hall–Kier alpha value is -1.24. The molecule has 1 aromatic rings. The smallest absolute Gasteiger partial charge is 0.0230 e. The van der Waals surface area contributed by atoms with E-state index in [4.69, 9.17) is 0 Å². The summed E-state index contributed by atoms with van der Waals surface area (Å²) in [5.74, 6) is 0. The summed E-state index contributed by atoms with van der Waals surface area (Å²) in [6.07, 6.45) is 5.48. The molecule has 0 N–H and O–H groups in total. The quantitative estimate of drug-likeness (QED) is 0.724. The van der Waals surface area contributed by atoms with E-state index in [1.807, 2.05) is 0 Å². The summed E-state index contributed by atoms with van der Waals surface area (Å²) < 4.78 is 0. The maximum atomic E-state index is 2.38. The Kier molecular flexibility index (Phi) is 5.10. The lowest BCUT2D eigenvalue weighted by molar-refractivity contribution is 0.255. The fourth-order valence-corrected chi connectivity index (χ4v) is 1.87. The number of benzene rings is 1. The highest BCUT2D eigenvalue weighted by atomic mass is 15.1. The van der Waals surface area contributed by atoms with Crippen molar-refractivity contribution in [2.45, 2.75) is 46.2 Å². The van der Waals surface area contributed by atoms with Crippen LogP contribution in [0.1, 0.15) is 33.3 Å². The van der Waals surface area contributed by atoms with E-state index in [-0.39, 0.29) is 0 Å². The average molecular weight is 217 g/mol. The molecule has 0 amide bonds. The van der Waals surface area contributed by atoms with Crippen LogP contribution in [0.2, 0.25) is 0 Å². The Balaban J connectivity index is 2.53. The van der Waals surface area contributed by atoms with Crippen molar-refractivity contribution in [1.29, 1.82) is 0 Å². The lowest BCUT2D eigenvalue weighted by Gasteiger charge is -2.29. The van der Waals surface area contributed by atoms with Crippen molar-refractivity contribution in [2.75, 3.05) is 0 Å². The van der Waals surface area contributed by atoms with Gasteiger partial charge in [0.2, 0.25) is 0 Å². The molecule has 1 rings (SSSR count). The fourth-order valence-electron chi connectivity index (χ4n) is 1.87. The molecule has 0 atom stereocenters. The van der Waals surface area contributed by atoms with Gasteiger partial charge in [-0.1, -0.05) is 36.4 Å². The summed E-state index contributed by atoms with van der Waals surface area (Å²) in [5, 5.41) is 0. The zero-order valence-electron chi connectivity index (χ0n) is 10.9. The third-order valence-electron chi connectivity index (χ3n) is 2.67. The van der Waals surface area contributed by atoms with Gasteiger partial charge in [0.15, 0.2) is 0 Å². The predicted octanol–water partition coefficient (Wildman–Crippen LogP) is 3.86. The molecule has 0 heterocycles. The van der Waals surface area contributed by atoms with Crippen molar-refractivity contribution >= 4 is 0 Å². The Labute approximate surface area is 99.8 Å². The normalized spacial score (nSPS) is 11.6. The first-order valence-corrected chi connectivity index (χ1v) is 6.09. The van der Waals surface area contributed by atoms with Crippen molar-refractivity contribution < 1.29 is 0 Å². The molecule has 0 spiro atoms. The molecule has 0 aromatic heterocycles. The van der Waals surface area contributed by atoms with Gasteiger partial charge in [0.25, 0.3) is 0 Å². The second-order valence-electron chi connectivity index (χ2n) is 4.71. The molecule has 1 heteroatoms. The maximum Gasteiger partial charge on any atom is 0.0230 e. The Morgan fingerprint density at radius 3 is 2.06 bits per heavy atom. The topological polar surface area (TPSA) is 3.24 Å². The van der Waals surface area contributed by atoms with Crippen LogP contribution >= 0.6 is 0 Å². The third kappa shape index (κ3) is 4.09. The second-order valence-corrected chi connectivity index (χ2v) is 4.71. The minimum Gasteiger partial charge on any atom is -0.373 e. The van der Waals surface area contributed by atoms with Gasteiger partial charge in [0.1, 0.15) is 0 Å². The summed E-state index contributed by atoms with van der Waals surface area (Å²) in [5.41, 5.74) is 1.37. The van der Waals surface area contributed by atoms with Crippen LogP contribution in [0.4, 0.5) is 0 Å². The van der Waals surface area contributed by atoms with Crippen LogP contribution in [0.15, 0.2) is 42.6 Å². The molecule has 1 aromatic carbocycles. The summed E-state index contributed by atoms with van der Waals surface area (Å²) in [7, 11) is 0. The predicted molar refractivity (Wildman–Crippen MR) is 71.4 cm³/mol. The first kappa shape index (κ1) is 12.8. The van der Waals surface area contributed by atoms with Crippen molar-refractivity contribution in [1.82, 2.24) is 4.90 Å². The van der Waals surface area contributed by atoms with Gasteiger partial charge in [0.05, 0.1) is 0 Å². The van der Waals surface area contributed by atoms with E-state index < -0.39 is 0 Å². The zero-order chi connectivity index (χ0) is 12.0. The molecule has 0 bridgehead atoms. The van der Waals surface area contributed by atoms with E-state index in [0.717, 1.165) is 6.42 Å². The van der Waals surface area contributed by atoms with E-state index in [0.29, 0.717) is 12.1 Å². The molecule has 88 valence electrons. The number of nitrogens with zero attached hydrogens (tertiary/aromatic N) is 1. The highest BCUT2D eigenvalue weighted by Crippen LogP contribution is 2.07. The molecule has 1 nitrogen and oxygen atoms in total. The van der Waals surface area contributed by atoms with Crippen molar-refractivity contribution in [3.8, 4) is 0 Å². The molecule has 0 saturated carbocycles. The van der Waals surface area contributed by atoms with Gasteiger partial charge < -0.3 is 4.90 Å². The average Bonchev–Trinajstić information content (AvgIpc) is 2.24. The lowest BCUT2D eigenvalue weighted by atomic mass is 10.1. The van der Waals surface area contributed by atoms with Gasteiger partial charge in [0, 0.05) is 12.1 Å². The van der Waals surface area contributed by atoms with Crippen LogP contribution in [-0.2, 0) is 6.42 Å². The van der Waals surface area contributed by atoms with Crippen molar-refractivity contribution in [3.63, 3.8) is 0 Å². The summed E-state index contributed by atoms with van der Waals surface area (Å²) in [4.78, 5) is 2.38. The van der Waals surface area contributed by atoms with Gasteiger partial charge in [-0.25, -0.2) is 0 Å². The number of allylic oxidation sites excluding steroid dienone is 1. The molecule has 0 saturated heterocycles. The van der Waals surface area contributed by atoms with E-state index >= 15 is 0 Å². The Morgan fingerprint density at radius 1 is 1.00 bits per heavy atom. The zero-order valence-corrected chi connectivity index (χ0v) is 10.9. The SMILES string of the molecule is CC(C)N(/C=C\Cc1ccccc1)C(C)C. The van der Waals surface area contributed by atoms with Crippen LogP contribution in [-0.4, -0.2) is 17.0 Å². The molecular weight excluding hydrogens is 194 g/mol. The molecule has 0 unspecified atom stereocenters. The molecular formula is C15H23N.